The Morgan fingerprint density at radius 1 is 1.09 bits per heavy atom. The molecule has 3 aromatic carbocycles. The van der Waals surface area contributed by atoms with E-state index in [2.05, 4.69) is 6.07 Å². The third kappa shape index (κ3) is 4.30. The van der Waals surface area contributed by atoms with Gasteiger partial charge in [-0.15, -0.1) is 0 Å². The molecule has 0 bridgehead atoms. The molecule has 0 saturated carbocycles. The topological polar surface area (TPSA) is 147 Å². The third-order valence-electron chi connectivity index (χ3n) is 5.46. The van der Waals surface area contributed by atoms with Crippen molar-refractivity contribution in [3.63, 3.8) is 0 Å². The number of nitrogens with zero attached hydrogens (tertiary/aromatic N) is 2. The summed E-state index contributed by atoms with van der Waals surface area (Å²) in [4.78, 5) is 23.2. The van der Waals surface area contributed by atoms with Crippen molar-refractivity contribution in [1.29, 1.82) is 5.26 Å². The first-order valence-electron chi connectivity index (χ1n) is 10.3. The van der Waals surface area contributed by atoms with Crippen LogP contribution in [0.3, 0.4) is 0 Å². The lowest BCUT2D eigenvalue weighted by Crippen LogP contribution is -2.21. The molecular weight excluding hydrogens is 454 g/mol. The van der Waals surface area contributed by atoms with Gasteiger partial charge in [0.05, 0.1) is 25.1 Å². The van der Waals surface area contributed by atoms with Crippen molar-refractivity contribution in [3.05, 3.63) is 98.9 Å². The highest BCUT2D eigenvalue weighted by atomic mass is 16.6. The number of methoxy groups -OCH3 is 2. The maximum absolute atomic E-state index is 12.6. The van der Waals surface area contributed by atoms with Crippen LogP contribution in [0.5, 0.6) is 23.0 Å². The van der Waals surface area contributed by atoms with Crippen LogP contribution >= 0.6 is 0 Å². The summed E-state index contributed by atoms with van der Waals surface area (Å²) in [5.41, 5.74) is 7.00. The van der Waals surface area contributed by atoms with Gasteiger partial charge >= 0.3 is 5.97 Å². The molecule has 0 fully saturated rings. The molecule has 4 rings (SSSR count). The molecule has 0 aliphatic carbocycles. The van der Waals surface area contributed by atoms with Crippen molar-refractivity contribution in [1.82, 2.24) is 0 Å². The van der Waals surface area contributed by atoms with Crippen LogP contribution in [0.1, 0.15) is 27.4 Å². The minimum Gasteiger partial charge on any atom is -0.493 e. The number of hydrogen-bond acceptors (Lipinski definition) is 9. The summed E-state index contributed by atoms with van der Waals surface area (Å²) in [6.45, 7) is 0. The number of carbonyl (C=O) groups excluding carboxylic acids is 1. The monoisotopic (exact) mass is 473 g/mol. The van der Waals surface area contributed by atoms with Gasteiger partial charge in [0.2, 0.25) is 5.88 Å². The van der Waals surface area contributed by atoms with Gasteiger partial charge in [0.25, 0.3) is 5.69 Å². The van der Waals surface area contributed by atoms with E-state index in [1.165, 1.54) is 50.6 Å². The second kappa shape index (κ2) is 9.44. The molecule has 3 aromatic rings. The Labute approximate surface area is 199 Å². The van der Waals surface area contributed by atoms with E-state index in [1.807, 2.05) is 0 Å². The van der Waals surface area contributed by atoms with Crippen LogP contribution in [0.15, 0.2) is 72.1 Å². The van der Waals surface area contributed by atoms with Crippen LogP contribution in [0.2, 0.25) is 0 Å². The van der Waals surface area contributed by atoms with Crippen molar-refractivity contribution in [2.24, 2.45) is 5.73 Å². The lowest BCUT2D eigenvalue weighted by molar-refractivity contribution is -0.385. The first-order chi connectivity index (χ1) is 16.9. The molecule has 0 aromatic heterocycles. The van der Waals surface area contributed by atoms with Crippen molar-refractivity contribution in [2.45, 2.75) is 5.92 Å². The zero-order valence-corrected chi connectivity index (χ0v) is 18.7. The fourth-order valence-electron chi connectivity index (χ4n) is 3.84. The fourth-order valence-corrected chi connectivity index (χ4v) is 3.84. The fraction of sp³-hybridized carbons (Fsp3) is 0.120. The number of esters is 1. The summed E-state index contributed by atoms with van der Waals surface area (Å²) < 4.78 is 21.7. The molecule has 1 unspecified atom stereocenters. The molecule has 0 saturated heterocycles. The number of nitro benzene ring substituents is 1. The molecule has 1 aliphatic rings. The molecule has 0 radical (unpaired) electrons. The van der Waals surface area contributed by atoms with Crippen molar-refractivity contribution in [3.8, 4) is 29.1 Å². The molecule has 2 N–H and O–H groups in total. The molecule has 35 heavy (non-hydrogen) atoms. The lowest BCUT2D eigenvalue weighted by Gasteiger charge is -2.27. The molecule has 10 heteroatoms. The van der Waals surface area contributed by atoms with Crippen molar-refractivity contribution in [2.75, 3.05) is 14.2 Å². The summed E-state index contributed by atoms with van der Waals surface area (Å²) in [5, 5.41) is 21.0. The van der Waals surface area contributed by atoms with Gasteiger partial charge in [-0.1, -0.05) is 24.3 Å². The number of allylic oxidation sites excluding steroid dienone is 1. The molecule has 1 aliphatic heterocycles. The van der Waals surface area contributed by atoms with Crippen molar-refractivity contribution >= 4 is 11.7 Å². The van der Waals surface area contributed by atoms with Crippen LogP contribution in [-0.2, 0) is 0 Å². The first-order valence-corrected chi connectivity index (χ1v) is 10.3. The van der Waals surface area contributed by atoms with E-state index in [4.69, 9.17) is 24.7 Å². The van der Waals surface area contributed by atoms with Gasteiger partial charge < -0.3 is 24.7 Å². The molecule has 1 heterocycles. The summed E-state index contributed by atoms with van der Waals surface area (Å²) in [7, 11) is 3.03. The Hall–Kier alpha value is -5.04. The number of nitrogens with two attached hydrogens (primary N) is 1. The van der Waals surface area contributed by atoms with Gasteiger partial charge in [-0.2, -0.15) is 5.26 Å². The average Bonchev–Trinajstić information content (AvgIpc) is 2.87. The highest BCUT2D eigenvalue weighted by Crippen LogP contribution is 2.45. The predicted molar refractivity (Wildman–Crippen MR) is 123 cm³/mol. The van der Waals surface area contributed by atoms with Crippen molar-refractivity contribution < 1.29 is 28.7 Å². The molecular formula is C25H19N3O7. The lowest BCUT2D eigenvalue weighted by atomic mass is 9.83. The predicted octanol–water partition coefficient (Wildman–Crippen LogP) is 4.05. The number of ether oxygens (including phenoxy) is 4. The molecule has 1 atom stereocenters. The highest BCUT2D eigenvalue weighted by molar-refractivity contribution is 5.95. The number of nitro groups is 1. The van der Waals surface area contributed by atoms with E-state index in [0.29, 0.717) is 22.6 Å². The number of carbonyl (C=O) groups is 1. The van der Waals surface area contributed by atoms with Gasteiger partial charge in [0, 0.05) is 17.7 Å². The van der Waals surface area contributed by atoms with Crippen LogP contribution in [-0.4, -0.2) is 25.1 Å². The number of hydrogen-bond donors (Lipinski definition) is 1. The second-order valence-electron chi connectivity index (χ2n) is 7.40. The summed E-state index contributed by atoms with van der Waals surface area (Å²) in [6.07, 6.45) is 0. The third-order valence-corrected chi connectivity index (χ3v) is 5.46. The maximum Gasteiger partial charge on any atom is 0.350 e. The van der Waals surface area contributed by atoms with Gasteiger partial charge in [-0.3, -0.25) is 10.1 Å². The maximum atomic E-state index is 12.6. The summed E-state index contributed by atoms with van der Waals surface area (Å²) in [5.74, 6) is -0.211. The van der Waals surface area contributed by atoms with Crippen LogP contribution in [0, 0.1) is 21.4 Å². The van der Waals surface area contributed by atoms with E-state index in [1.54, 1.807) is 24.3 Å². The summed E-state index contributed by atoms with van der Waals surface area (Å²) in [6, 6.07) is 17.4. The van der Waals surface area contributed by atoms with Gasteiger partial charge in [-0.25, -0.2) is 4.79 Å². The minimum atomic E-state index is -0.897. The Morgan fingerprint density at radius 3 is 2.51 bits per heavy atom. The van der Waals surface area contributed by atoms with E-state index >= 15 is 0 Å². The SMILES string of the molecule is COc1ccc(C2C(C#N)=C(N)Oc3cc(OC(=O)c4ccccc4[N+](=O)[O-])ccc32)cc1OC. The second-order valence-corrected chi connectivity index (χ2v) is 7.40. The van der Waals surface area contributed by atoms with Gasteiger partial charge in [-0.05, 0) is 29.8 Å². The Balaban J connectivity index is 1.72. The Kier molecular flexibility index (Phi) is 6.24. The van der Waals surface area contributed by atoms with Crippen LogP contribution < -0.4 is 24.7 Å². The number of para-hydroxylation sites is 1. The molecule has 0 spiro atoms. The van der Waals surface area contributed by atoms with E-state index in [-0.39, 0.29) is 34.2 Å². The average molecular weight is 473 g/mol. The van der Waals surface area contributed by atoms with Gasteiger partial charge in [0.1, 0.15) is 28.7 Å². The van der Waals surface area contributed by atoms with E-state index in [9.17, 15) is 20.2 Å². The van der Waals surface area contributed by atoms with E-state index < -0.39 is 16.8 Å². The summed E-state index contributed by atoms with van der Waals surface area (Å²) >= 11 is 0. The molecule has 10 nitrogen and oxygen atoms in total. The first kappa shape index (κ1) is 23.1. The number of fused-ring (bicyclic) bond motifs is 1. The van der Waals surface area contributed by atoms with Crippen LogP contribution in [0.25, 0.3) is 0 Å². The Morgan fingerprint density at radius 2 is 1.83 bits per heavy atom. The quantitative estimate of drug-likeness (QED) is 0.242. The zero-order valence-electron chi connectivity index (χ0n) is 18.7. The Bertz CT molecular complexity index is 1410. The largest absolute Gasteiger partial charge is 0.493 e. The molecule has 0 amide bonds. The van der Waals surface area contributed by atoms with Crippen LogP contribution in [0.4, 0.5) is 5.69 Å². The van der Waals surface area contributed by atoms with E-state index in [0.717, 1.165) is 0 Å². The smallest absolute Gasteiger partial charge is 0.350 e. The van der Waals surface area contributed by atoms with Gasteiger partial charge in [0.15, 0.2) is 11.5 Å². The molecule has 176 valence electrons. The highest BCUT2D eigenvalue weighted by Gasteiger charge is 2.32. The number of rotatable bonds is 6. The minimum absolute atomic E-state index is 0.0890. The number of nitriles is 1. The normalized spacial score (nSPS) is 14.3. The standard InChI is InChI=1S/C25H19N3O7/c1-32-20-10-7-14(11-22(20)33-2)23-17-9-8-15(12-21(17)35-24(27)18(23)13-26)34-25(29)16-5-3-4-6-19(16)28(30)31/h3-12,23H,27H2,1-2H3. The zero-order chi connectivity index (χ0) is 25.1. The number of benzene rings is 3.